The molecule has 1 amide bonds. The lowest BCUT2D eigenvalue weighted by Crippen LogP contribution is -2.57. The summed E-state index contributed by atoms with van der Waals surface area (Å²) in [4.78, 5) is 15.3. The summed E-state index contributed by atoms with van der Waals surface area (Å²) in [7, 11) is -7.73. The molecule has 2 aromatic heterocycles. The average molecular weight is 877 g/mol. The number of ether oxygens (including phenoxy) is 4. The molecule has 3 aliphatic rings. The number of benzene rings is 3. The summed E-state index contributed by atoms with van der Waals surface area (Å²) in [6.07, 6.45) is 3.73. The number of hydrogen-bond acceptors (Lipinski definition) is 11. The van der Waals surface area contributed by atoms with Gasteiger partial charge in [-0.1, -0.05) is 56.3 Å². The van der Waals surface area contributed by atoms with Gasteiger partial charge in [0.25, 0.3) is 5.78 Å². The van der Waals surface area contributed by atoms with Crippen molar-refractivity contribution in [2.24, 2.45) is 11.8 Å². The first-order chi connectivity index (χ1) is 29.1. The molecule has 1 N–H and O–H groups in total. The fourth-order valence-corrected chi connectivity index (χ4v) is 12.4. The molecule has 0 radical (unpaired) electrons. The minimum atomic E-state index is -4.17. The van der Waals surface area contributed by atoms with E-state index in [0.717, 1.165) is 5.56 Å². The van der Waals surface area contributed by atoms with E-state index in [1.807, 2.05) is 38.1 Å². The predicted octanol–water partition coefficient (Wildman–Crippen LogP) is 8.55. The van der Waals surface area contributed by atoms with Gasteiger partial charge < -0.3 is 32.9 Å². The van der Waals surface area contributed by atoms with Gasteiger partial charge in [0.2, 0.25) is 16.8 Å². The summed E-state index contributed by atoms with van der Waals surface area (Å²) in [5.74, 6) is 0.754. The highest BCUT2D eigenvalue weighted by atomic mass is 32.2. The molecule has 16 heteroatoms. The SMILES string of the molecule is CC(C)CN(C[C@H]1OC(C)(C)N(C(=O)O)[C@@]1(CC1CCC(OCc2ccccc2CS(=O)(=O)c2ccccc2)CC1)c1coc2occc12)S(=O)(=O)c1ccc2c(c1)OCO2. The Morgan fingerprint density at radius 3 is 2.31 bits per heavy atom. The number of carboxylic acid groups (broad SMARTS) is 1. The predicted molar refractivity (Wildman–Crippen MR) is 224 cm³/mol. The van der Waals surface area contributed by atoms with Crippen LogP contribution < -0.4 is 9.47 Å². The van der Waals surface area contributed by atoms with Gasteiger partial charge in [0.1, 0.15) is 23.6 Å². The van der Waals surface area contributed by atoms with Gasteiger partial charge in [-0.2, -0.15) is 4.31 Å². The summed E-state index contributed by atoms with van der Waals surface area (Å²) in [5.41, 5.74) is -0.759. The van der Waals surface area contributed by atoms with Crippen molar-refractivity contribution in [3.05, 3.63) is 108 Å². The molecule has 1 saturated heterocycles. The van der Waals surface area contributed by atoms with E-state index in [-0.39, 0.29) is 65.8 Å². The first kappa shape index (κ1) is 42.8. The van der Waals surface area contributed by atoms with Crippen LogP contribution in [0.3, 0.4) is 0 Å². The molecule has 61 heavy (non-hydrogen) atoms. The number of amides is 1. The van der Waals surface area contributed by atoms with E-state index >= 15 is 0 Å². The number of rotatable bonds is 15. The standard InChI is InChI=1S/C45H52N2O12S2/c1-30(2)24-46(61(52,53)36-18-19-39-40(22-36)58-29-57-39)25-41-45(47(43(48)49)44(3,4)59-41,38-27-56-42-37(38)20-21-54-42)23-31-14-16-34(17-15-31)55-26-32-10-8-9-11-33(32)28-60(50,51)35-12-6-5-7-13-35/h5-13,18-22,27,30-31,34,41H,14-17,23-26,28-29H2,1-4H3,(H,48,49)/t31?,34?,41-,45+/m1/s1. The van der Waals surface area contributed by atoms with Gasteiger partial charge in [-0.05, 0) is 99.2 Å². The lowest BCUT2D eigenvalue weighted by Gasteiger charge is -2.45. The maximum absolute atomic E-state index is 14.6. The number of nitrogens with zero attached hydrogens (tertiary/aromatic N) is 2. The first-order valence-electron chi connectivity index (χ1n) is 20.6. The van der Waals surface area contributed by atoms with Crippen molar-refractivity contribution in [1.29, 1.82) is 0 Å². The van der Waals surface area contributed by atoms with Crippen LogP contribution in [0.2, 0.25) is 0 Å². The fraction of sp³-hybridized carbons (Fsp3) is 0.444. The molecule has 8 rings (SSSR count). The Hall–Kier alpha value is -4.87. The number of sulfone groups is 1. The fourth-order valence-electron chi connectivity index (χ4n) is 9.39. The number of fused-ring (bicyclic) bond motifs is 2. The Kier molecular flexibility index (Phi) is 11.8. The zero-order valence-corrected chi connectivity index (χ0v) is 36.3. The lowest BCUT2D eigenvalue weighted by atomic mass is 9.72. The molecule has 14 nitrogen and oxygen atoms in total. The van der Waals surface area contributed by atoms with Crippen molar-refractivity contribution in [3.63, 3.8) is 0 Å². The normalized spacial score (nSPS) is 22.7. The second kappa shape index (κ2) is 16.8. The monoisotopic (exact) mass is 876 g/mol. The van der Waals surface area contributed by atoms with Crippen LogP contribution in [0.1, 0.15) is 76.5 Å². The van der Waals surface area contributed by atoms with Crippen molar-refractivity contribution in [1.82, 2.24) is 9.21 Å². The molecule has 0 bridgehead atoms. The number of furan rings is 2. The van der Waals surface area contributed by atoms with Crippen molar-refractivity contribution >= 4 is 37.1 Å². The minimum absolute atomic E-state index is 0.0100. The van der Waals surface area contributed by atoms with Crippen molar-refractivity contribution < 1.29 is 54.5 Å². The van der Waals surface area contributed by atoms with Crippen LogP contribution in [0.4, 0.5) is 4.79 Å². The minimum Gasteiger partial charge on any atom is -0.465 e. The van der Waals surface area contributed by atoms with Crippen LogP contribution in [0.5, 0.6) is 11.5 Å². The Bertz CT molecular complexity index is 2580. The van der Waals surface area contributed by atoms with Gasteiger partial charge in [-0.3, -0.25) is 4.90 Å². The molecule has 1 saturated carbocycles. The summed E-state index contributed by atoms with van der Waals surface area (Å²) in [6.45, 7) is 7.44. The van der Waals surface area contributed by atoms with Crippen LogP contribution in [-0.2, 0) is 47.2 Å². The Balaban J connectivity index is 1.07. The summed E-state index contributed by atoms with van der Waals surface area (Å²) in [6, 6.07) is 22.1. The molecule has 0 spiro atoms. The number of sulfonamides is 1. The zero-order valence-electron chi connectivity index (χ0n) is 34.7. The van der Waals surface area contributed by atoms with E-state index in [9.17, 15) is 26.7 Å². The van der Waals surface area contributed by atoms with Gasteiger partial charge in [0.05, 0.1) is 39.9 Å². The van der Waals surface area contributed by atoms with E-state index in [0.29, 0.717) is 60.1 Å². The largest absolute Gasteiger partial charge is 0.465 e. The molecule has 4 heterocycles. The molecule has 3 aromatic carbocycles. The van der Waals surface area contributed by atoms with Crippen molar-refractivity contribution in [3.8, 4) is 11.5 Å². The van der Waals surface area contributed by atoms with Gasteiger partial charge >= 0.3 is 6.09 Å². The molecule has 2 aliphatic heterocycles. The highest BCUT2D eigenvalue weighted by Gasteiger charge is 2.63. The quantitative estimate of drug-likeness (QED) is 0.106. The molecule has 0 unspecified atom stereocenters. The second-order valence-corrected chi connectivity index (χ2v) is 21.0. The molecule has 5 aromatic rings. The molecule has 1 aliphatic carbocycles. The number of carbonyl (C=O) groups is 1. The molecule has 2 atom stereocenters. The first-order valence-corrected chi connectivity index (χ1v) is 23.7. The van der Waals surface area contributed by atoms with E-state index < -0.39 is 43.3 Å². The van der Waals surface area contributed by atoms with Gasteiger partial charge in [-0.15, -0.1) is 0 Å². The summed E-state index contributed by atoms with van der Waals surface area (Å²) >= 11 is 0. The third kappa shape index (κ3) is 8.40. The Morgan fingerprint density at radius 1 is 0.885 bits per heavy atom. The van der Waals surface area contributed by atoms with E-state index in [1.165, 1.54) is 33.9 Å². The van der Waals surface area contributed by atoms with Crippen molar-refractivity contribution in [2.75, 3.05) is 19.9 Å². The average Bonchev–Trinajstić information content (AvgIpc) is 4.01. The third-order valence-electron chi connectivity index (χ3n) is 12.1. The third-order valence-corrected chi connectivity index (χ3v) is 15.6. The van der Waals surface area contributed by atoms with Crippen LogP contribution in [-0.4, -0.2) is 75.1 Å². The van der Waals surface area contributed by atoms with Crippen LogP contribution in [0.15, 0.2) is 110 Å². The molecule has 326 valence electrons. The molecule has 2 fully saturated rings. The lowest BCUT2D eigenvalue weighted by molar-refractivity contribution is -0.0696. The maximum Gasteiger partial charge on any atom is 0.410 e. The summed E-state index contributed by atoms with van der Waals surface area (Å²) < 4.78 is 92.9. The van der Waals surface area contributed by atoms with Gasteiger partial charge in [0.15, 0.2) is 21.3 Å². The highest BCUT2D eigenvalue weighted by Crippen LogP contribution is 2.54. The van der Waals surface area contributed by atoms with Gasteiger partial charge in [-0.25, -0.2) is 21.6 Å². The van der Waals surface area contributed by atoms with E-state index in [1.54, 1.807) is 56.3 Å². The van der Waals surface area contributed by atoms with Gasteiger partial charge in [0, 0.05) is 24.7 Å². The molecular weight excluding hydrogens is 825 g/mol. The molecular formula is C45H52N2O12S2. The maximum atomic E-state index is 14.6. The topological polar surface area (TPSA) is 175 Å². The van der Waals surface area contributed by atoms with Crippen LogP contribution in [0.25, 0.3) is 11.2 Å². The van der Waals surface area contributed by atoms with Crippen molar-refractivity contribution in [2.45, 2.75) is 105 Å². The Morgan fingerprint density at radius 2 is 1.59 bits per heavy atom. The highest BCUT2D eigenvalue weighted by molar-refractivity contribution is 7.90. The van der Waals surface area contributed by atoms with E-state index in [2.05, 4.69) is 0 Å². The second-order valence-electron chi connectivity index (χ2n) is 17.1. The van der Waals surface area contributed by atoms with E-state index in [4.69, 9.17) is 27.8 Å². The smallest absolute Gasteiger partial charge is 0.410 e. The Labute approximate surface area is 356 Å². The summed E-state index contributed by atoms with van der Waals surface area (Å²) in [5, 5.41) is 11.7. The van der Waals surface area contributed by atoms with Crippen LogP contribution >= 0.6 is 0 Å². The van der Waals surface area contributed by atoms with Crippen LogP contribution in [0, 0.1) is 11.8 Å². The zero-order chi connectivity index (χ0) is 43.2. The number of hydrogen-bond donors (Lipinski definition) is 1.